The minimum absolute atomic E-state index is 0.252. The zero-order chi connectivity index (χ0) is 29.3. The fraction of sp³-hybridized carbons (Fsp3) is 0.742. The van der Waals surface area contributed by atoms with Crippen LogP contribution in [-0.2, 0) is 11.2 Å². The summed E-state index contributed by atoms with van der Waals surface area (Å²) in [6.45, 7) is 17.0. The van der Waals surface area contributed by atoms with Crippen LogP contribution in [0.5, 0.6) is 0 Å². The third kappa shape index (κ3) is 13.0. The Morgan fingerprint density at radius 2 is 1.57 bits per heavy atom. The predicted octanol–water partition coefficient (Wildman–Crippen LogP) is 2.47. The molecule has 9 nitrogen and oxygen atoms in total. The number of likely N-dealkylation sites (N-methyl/N-ethyl adjacent to an activating group) is 1. The molecule has 0 bridgehead atoms. The van der Waals surface area contributed by atoms with Crippen molar-refractivity contribution in [3.05, 3.63) is 35.9 Å². The van der Waals surface area contributed by atoms with Crippen LogP contribution in [0, 0.1) is 5.92 Å². The molecule has 0 radical (unpaired) electrons. The molecule has 3 atom stereocenters. The van der Waals surface area contributed by atoms with Crippen LogP contribution in [0.2, 0.25) is 0 Å². The number of primary amides is 1. The number of benzene rings is 1. The van der Waals surface area contributed by atoms with Crippen molar-refractivity contribution in [3.8, 4) is 0 Å². The van der Waals surface area contributed by atoms with Gasteiger partial charge in [-0.2, -0.15) is 0 Å². The molecule has 3 unspecified atom stereocenters. The van der Waals surface area contributed by atoms with Crippen molar-refractivity contribution >= 4 is 11.9 Å². The smallest absolute Gasteiger partial charge is 0.312 e. The number of nitrogens with zero attached hydrogens (tertiary/aromatic N) is 4. The van der Waals surface area contributed by atoms with Crippen molar-refractivity contribution in [3.63, 3.8) is 0 Å². The van der Waals surface area contributed by atoms with Gasteiger partial charge in [-0.1, -0.05) is 51.1 Å². The first kappa shape index (κ1) is 34.0. The second kappa shape index (κ2) is 19.0. The molecule has 9 heteroatoms. The molecule has 1 aromatic rings. The first-order valence-corrected chi connectivity index (χ1v) is 15.5. The number of aryl methyl sites for hydroxylation is 1. The van der Waals surface area contributed by atoms with Gasteiger partial charge in [0.05, 0.1) is 0 Å². The van der Waals surface area contributed by atoms with E-state index in [0.717, 1.165) is 58.0 Å². The molecular formula is C31H57N7O2. The molecule has 228 valence electrons. The number of carbonyl (C=O) groups excluding carboxylic acids is 2. The normalized spacial score (nSPS) is 25.1. The van der Waals surface area contributed by atoms with Crippen LogP contribution in [0.25, 0.3) is 0 Å². The second-order valence-electron chi connectivity index (χ2n) is 11.5. The molecule has 0 saturated carbocycles. The van der Waals surface area contributed by atoms with Gasteiger partial charge in [-0.05, 0) is 70.9 Å². The lowest BCUT2D eigenvalue weighted by Gasteiger charge is -2.38. The number of nitrogens with two attached hydrogens (primary N) is 1. The summed E-state index contributed by atoms with van der Waals surface area (Å²) in [5, 5.41) is 5.73. The third-order valence-corrected chi connectivity index (χ3v) is 8.05. The maximum Gasteiger partial charge on any atom is 0.312 e. The predicted molar refractivity (Wildman–Crippen MR) is 165 cm³/mol. The summed E-state index contributed by atoms with van der Waals surface area (Å²) in [7, 11) is 4.38. The van der Waals surface area contributed by atoms with E-state index in [9.17, 15) is 9.59 Å². The topological polar surface area (TPSA) is 97.2 Å². The molecule has 5 rings (SSSR count). The summed E-state index contributed by atoms with van der Waals surface area (Å²) in [5.41, 5.74) is 6.15. The molecule has 4 fully saturated rings. The van der Waals surface area contributed by atoms with Crippen LogP contribution < -0.4 is 16.4 Å². The van der Waals surface area contributed by atoms with Crippen LogP contribution in [0.3, 0.4) is 0 Å². The first-order chi connectivity index (χ1) is 19.3. The zero-order valence-corrected chi connectivity index (χ0v) is 25.9. The van der Waals surface area contributed by atoms with E-state index in [1.165, 1.54) is 44.6 Å². The maximum absolute atomic E-state index is 12.4. The number of likely N-dealkylation sites (tertiary alicyclic amines) is 2. The molecule has 0 spiro atoms. The van der Waals surface area contributed by atoms with Crippen LogP contribution in [0.15, 0.2) is 30.3 Å². The van der Waals surface area contributed by atoms with Crippen LogP contribution in [-0.4, -0.2) is 123 Å². The van der Waals surface area contributed by atoms with Gasteiger partial charge >= 0.3 is 6.03 Å². The van der Waals surface area contributed by atoms with Gasteiger partial charge in [0.25, 0.3) is 0 Å². The Hall–Kier alpha value is -2.20. The highest BCUT2D eigenvalue weighted by atomic mass is 16.2. The van der Waals surface area contributed by atoms with Gasteiger partial charge in [-0.3, -0.25) is 9.69 Å². The molecule has 4 aliphatic rings. The zero-order valence-electron chi connectivity index (χ0n) is 25.9. The quantitative estimate of drug-likeness (QED) is 0.513. The fourth-order valence-corrected chi connectivity index (χ4v) is 5.73. The average molecular weight is 560 g/mol. The average Bonchev–Trinajstić information content (AvgIpc) is 3.73. The monoisotopic (exact) mass is 559 g/mol. The van der Waals surface area contributed by atoms with E-state index in [2.05, 4.69) is 63.4 Å². The van der Waals surface area contributed by atoms with Crippen LogP contribution >= 0.6 is 0 Å². The summed E-state index contributed by atoms with van der Waals surface area (Å²) in [5.74, 6) is 1.26. The largest absolute Gasteiger partial charge is 0.352 e. The summed E-state index contributed by atoms with van der Waals surface area (Å²) in [6.07, 6.45) is 5.15. The summed E-state index contributed by atoms with van der Waals surface area (Å²) >= 11 is 0. The van der Waals surface area contributed by atoms with E-state index in [-0.39, 0.29) is 6.04 Å². The highest BCUT2D eigenvalue weighted by Gasteiger charge is 2.29. The van der Waals surface area contributed by atoms with E-state index in [4.69, 9.17) is 5.73 Å². The number of urea groups is 1. The Balaban J connectivity index is 0.000000254. The third-order valence-electron chi connectivity index (χ3n) is 8.05. The number of piperazine rings is 1. The first-order valence-electron chi connectivity index (χ1n) is 15.5. The molecule has 3 amide bonds. The number of amides is 3. The van der Waals surface area contributed by atoms with E-state index in [1.807, 2.05) is 32.0 Å². The number of hydrogen-bond acceptors (Lipinski definition) is 6. The Kier molecular flexibility index (Phi) is 16.2. The lowest BCUT2D eigenvalue weighted by Crippen LogP contribution is -2.52. The standard InChI is InChI=1S/C18H27N3O.C6H13N.C5H11N3O.C2H6/c1-19-10-9-17(15-19)20-11-13-21(14-12-20)18(22)8-7-16-5-3-2-4-6-16;1-6-3-4-7(2)5-6;6-5(9)8-4-1-2-7-3-4;1-2/h2-6,17H,7-15H2,1H3;6H,3-5H2,1-2H3;4,7H,1-3H2,(H3,6,8,9);1-2H3. The van der Waals surface area contributed by atoms with Gasteiger partial charge in [-0.25, -0.2) is 4.79 Å². The molecular weight excluding hydrogens is 502 g/mol. The van der Waals surface area contributed by atoms with E-state index >= 15 is 0 Å². The van der Waals surface area contributed by atoms with Gasteiger partial charge < -0.3 is 31.1 Å². The van der Waals surface area contributed by atoms with Crippen molar-refractivity contribution in [1.29, 1.82) is 0 Å². The molecule has 4 aliphatic heterocycles. The van der Waals surface area contributed by atoms with Crippen LogP contribution in [0.4, 0.5) is 4.79 Å². The van der Waals surface area contributed by atoms with Crippen molar-refractivity contribution in [2.45, 2.75) is 65.0 Å². The highest BCUT2D eigenvalue weighted by Crippen LogP contribution is 2.17. The molecule has 40 heavy (non-hydrogen) atoms. The van der Waals surface area contributed by atoms with Gasteiger partial charge in [-0.15, -0.1) is 0 Å². The highest BCUT2D eigenvalue weighted by molar-refractivity contribution is 5.76. The van der Waals surface area contributed by atoms with Gasteiger partial charge in [0.15, 0.2) is 0 Å². The molecule has 4 N–H and O–H groups in total. The Morgan fingerprint density at radius 1 is 0.925 bits per heavy atom. The minimum atomic E-state index is -0.427. The SMILES string of the molecule is CC.CC1CCN(C)C1.CN1CCC(N2CCN(C(=O)CCc3ccccc3)CC2)C1.NC(=O)NC1CCNC1. The van der Waals surface area contributed by atoms with Gasteiger partial charge in [0.1, 0.15) is 0 Å². The maximum atomic E-state index is 12.4. The number of rotatable bonds is 5. The van der Waals surface area contributed by atoms with Gasteiger partial charge in [0, 0.05) is 64.3 Å². The molecule has 4 heterocycles. The van der Waals surface area contributed by atoms with E-state index in [0.29, 0.717) is 18.4 Å². The lowest BCUT2D eigenvalue weighted by molar-refractivity contribution is -0.133. The number of hydrogen-bond donors (Lipinski definition) is 3. The molecule has 4 saturated heterocycles. The lowest BCUT2D eigenvalue weighted by atomic mass is 10.1. The Labute approximate surface area is 243 Å². The number of nitrogens with one attached hydrogen (secondary N) is 2. The summed E-state index contributed by atoms with van der Waals surface area (Å²) < 4.78 is 0. The van der Waals surface area contributed by atoms with Crippen molar-refractivity contribution in [2.24, 2.45) is 11.7 Å². The van der Waals surface area contributed by atoms with Crippen molar-refractivity contribution < 1.29 is 9.59 Å². The fourth-order valence-electron chi connectivity index (χ4n) is 5.73. The van der Waals surface area contributed by atoms with Crippen molar-refractivity contribution in [1.82, 2.24) is 30.2 Å². The minimum Gasteiger partial charge on any atom is -0.352 e. The second-order valence-corrected chi connectivity index (χ2v) is 11.5. The van der Waals surface area contributed by atoms with Gasteiger partial charge in [0.2, 0.25) is 5.91 Å². The van der Waals surface area contributed by atoms with Crippen molar-refractivity contribution in [2.75, 3.05) is 79.5 Å². The van der Waals surface area contributed by atoms with Crippen LogP contribution in [0.1, 0.15) is 52.0 Å². The summed E-state index contributed by atoms with van der Waals surface area (Å²) in [6, 6.07) is 10.8. The summed E-state index contributed by atoms with van der Waals surface area (Å²) in [4.78, 5) is 32.0. The molecule has 0 aromatic heterocycles. The number of carbonyl (C=O) groups is 2. The van der Waals surface area contributed by atoms with E-state index in [1.54, 1.807) is 0 Å². The Bertz CT molecular complexity index is 818. The van der Waals surface area contributed by atoms with E-state index < -0.39 is 6.03 Å². The molecule has 0 aliphatic carbocycles. The molecule has 1 aromatic carbocycles. The Morgan fingerprint density at radius 3 is 2.05 bits per heavy atom.